The molecule has 0 aromatic rings. The molecule has 1 atom stereocenters. The summed E-state index contributed by atoms with van der Waals surface area (Å²) in [5, 5.41) is 0. The van der Waals surface area contributed by atoms with E-state index < -0.39 is 0 Å². The van der Waals surface area contributed by atoms with Gasteiger partial charge >= 0.3 is 0 Å². The summed E-state index contributed by atoms with van der Waals surface area (Å²) in [5.74, 6) is 0.312. The summed E-state index contributed by atoms with van der Waals surface area (Å²) in [6.07, 6.45) is 5.18. The Morgan fingerprint density at radius 2 is 2.17 bits per heavy atom. The van der Waals surface area contributed by atoms with Crippen molar-refractivity contribution in [3.05, 3.63) is 0 Å². The third-order valence-electron chi connectivity index (χ3n) is 4.51. The van der Waals surface area contributed by atoms with Crippen molar-refractivity contribution in [3.8, 4) is 0 Å². The second-order valence-corrected chi connectivity index (χ2v) is 5.62. The Bertz CT molecular complexity index is 296. The molecule has 2 aliphatic rings. The van der Waals surface area contributed by atoms with Crippen LogP contribution in [0.15, 0.2) is 0 Å². The molecule has 18 heavy (non-hydrogen) atoms. The predicted octanol–water partition coefficient (Wildman–Crippen LogP) is 1.50. The van der Waals surface area contributed by atoms with E-state index in [-0.39, 0.29) is 0 Å². The molecular formula is C14H26N2O2. The van der Waals surface area contributed by atoms with Gasteiger partial charge in [-0.25, -0.2) is 0 Å². The first-order valence-corrected chi connectivity index (χ1v) is 7.25. The van der Waals surface area contributed by atoms with Crippen molar-refractivity contribution in [3.63, 3.8) is 0 Å². The fraction of sp³-hybridized carbons (Fsp3) is 0.929. The highest BCUT2D eigenvalue weighted by Crippen LogP contribution is 2.36. The van der Waals surface area contributed by atoms with E-state index in [2.05, 4.69) is 16.8 Å². The van der Waals surface area contributed by atoms with Crippen LogP contribution in [0.1, 0.15) is 39.0 Å². The van der Waals surface area contributed by atoms with Crippen LogP contribution < -0.4 is 0 Å². The number of hydrogen-bond acceptors (Lipinski definition) is 3. The van der Waals surface area contributed by atoms with Crippen molar-refractivity contribution in [1.29, 1.82) is 0 Å². The van der Waals surface area contributed by atoms with Gasteiger partial charge in [0.15, 0.2) is 0 Å². The molecule has 1 amide bonds. The van der Waals surface area contributed by atoms with Gasteiger partial charge in [0, 0.05) is 38.3 Å². The first-order chi connectivity index (χ1) is 8.68. The maximum atomic E-state index is 12.1. The summed E-state index contributed by atoms with van der Waals surface area (Å²) in [7, 11) is 2.20. The van der Waals surface area contributed by atoms with Gasteiger partial charge < -0.3 is 9.64 Å². The highest BCUT2D eigenvalue weighted by atomic mass is 16.5. The van der Waals surface area contributed by atoms with Crippen LogP contribution in [0.4, 0.5) is 0 Å². The van der Waals surface area contributed by atoms with E-state index >= 15 is 0 Å². The third kappa shape index (κ3) is 2.86. The standard InChI is InChI=1S/C14H26N2O2/c1-3-18-11-4-6-13(17)16-10-8-14(12-16)7-5-9-15(14)2/h3-12H2,1-2H3. The lowest BCUT2D eigenvalue weighted by molar-refractivity contribution is -0.130. The molecule has 2 aliphatic heterocycles. The summed E-state index contributed by atoms with van der Waals surface area (Å²) in [5.41, 5.74) is 0.301. The number of hydrogen-bond donors (Lipinski definition) is 0. The molecule has 104 valence electrons. The zero-order valence-corrected chi connectivity index (χ0v) is 11.8. The fourth-order valence-electron chi connectivity index (χ4n) is 3.29. The van der Waals surface area contributed by atoms with Crippen molar-refractivity contribution in [2.75, 3.05) is 39.9 Å². The molecule has 2 rings (SSSR count). The van der Waals surface area contributed by atoms with Crippen molar-refractivity contribution >= 4 is 5.91 Å². The maximum absolute atomic E-state index is 12.1. The monoisotopic (exact) mass is 254 g/mol. The Balaban J connectivity index is 1.76. The predicted molar refractivity (Wildman–Crippen MR) is 71.5 cm³/mol. The van der Waals surface area contributed by atoms with Crippen molar-refractivity contribution < 1.29 is 9.53 Å². The number of rotatable bonds is 5. The maximum Gasteiger partial charge on any atom is 0.222 e. The molecule has 0 aromatic carbocycles. The Labute approximate surface area is 110 Å². The highest BCUT2D eigenvalue weighted by Gasteiger charge is 2.45. The van der Waals surface area contributed by atoms with Gasteiger partial charge in [-0.3, -0.25) is 9.69 Å². The summed E-state index contributed by atoms with van der Waals surface area (Å²) in [6.45, 7) is 6.51. The van der Waals surface area contributed by atoms with Crippen molar-refractivity contribution in [2.24, 2.45) is 0 Å². The summed E-state index contributed by atoms with van der Waals surface area (Å²) >= 11 is 0. The molecule has 4 heteroatoms. The smallest absolute Gasteiger partial charge is 0.222 e. The van der Waals surface area contributed by atoms with Crippen LogP contribution in [0, 0.1) is 0 Å². The molecule has 0 radical (unpaired) electrons. The van der Waals surface area contributed by atoms with Crippen LogP contribution in [0.25, 0.3) is 0 Å². The number of likely N-dealkylation sites (N-methyl/N-ethyl adjacent to an activating group) is 1. The van der Waals surface area contributed by atoms with Crippen LogP contribution in [0.5, 0.6) is 0 Å². The van der Waals surface area contributed by atoms with E-state index in [0.717, 1.165) is 32.5 Å². The van der Waals surface area contributed by atoms with Gasteiger partial charge in [-0.1, -0.05) is 0 Å². The van der Waals surface area contributed by atoms with Gasteiger partial charge in [0.05, 0.1) is 0 Å². The number of ether oxygens (including phenoxy) is 1. The molecule has 0 saturated carbocycles. The lowest BCUT2D eigenvalue weighted by Gasteiger charge is -2.31. The molecule has 2 fully saturated rings. The Kier molecular flexibility index (Phi) is 4.62. The Morgan fingerprint density at radius 3 is 2.83 bits per heavy atom. The van der Waals surface area contributed by atoms with Gasteiger partial charge in [0.2, 0.25) is 5.91 Å². The van der Waals surface area contributed by atoms with Crippen molar-refractivity contribution in [1.82, 2.24) is 9.80 Å². The minimum absolute atomic E-state index is 0.301. The first-order valence-electron chi connectivity index (χ1n) is 7.25. The zero-order valence-electron chi connectivity index (χ0n) is 11.8. The van der Waals surface area contributed by atoms with E-state index in [1.54, 1.807) is 0 Å². The molecule has 0 bridgehead atoms. The average molecular weight is 254 g/mol. The molecule has 1 spiro atoms. The number of likely N-dealkylation sites (tertiary alicyclic amines) is 2. The lowest BCUT2D eigenvalue weighted by Crippen LogP contribution is -2.44. The SMILES string of the molecule is CCOCCCC(=O)N1CCC2(CCCN2C)C1. The quantitative estimate of drug-likeness (QED) is 0.697. The lowest BCUT2D eigenvalue weighted by atomic mass is 9.96. The van der Waals surface area contributed by atoms with E-state index in [1.807, 2.05) is 6.92 Å². The molecule has 0 aliphatic carbocycles. The van der Waals surface area contributed by atoms with Crippen molar-refractivity contribution in [2.45, 2.75) is 44.6 Å². The van der Waals surface area contributed by atoms with Gasteiger partial charge in [-0.2, -0.15) is 0 Å². The first kappa shape index (κ1) is 13.8. The number of carbonyl (C=O) groups excluding carboxylic acids is 1. The molecule has 0 N–H and O–H groups in total. The van der Waals surface area contributed by atoms with E-state index in [0.29, 0.717) is 24.5 Å². The van der Waals surface area contributed by atoms with E-state index in [9.17, 15) is 4.79 Å². The Morgan fingerprint density at radius 1 is 1.33 bits per heavy atom. The molecule has 4 nitrogen and oxygen atoms in total. The van der Waals surface area contributed by atoms with Gasteiger partial charge in [-0.05, 0) is 46.2 Å². The van der Waals surface area contributed by atoms with E-state index in [4.69, 9.17) is 4.74 Å². The van der Waals surface area contributed by atoms with Gasteiger partial charge in [0.25, 0.3) is 0 Å². The minimum Gasteiger partial charge on any atom is -0.382 e. The summed E-state index contributed by atoms with van der Waals surface area (Å²) in [6, 6.07) is 0. The van der Waals surface area contributed by atoms with E-state index in [1.165, 1.54) is 19.4 Å². The van der Waals surface area contributed by atoms with Crippen LogP contribution in [0.2, 0.25) is 0 Å². The van der Waals surface area contributed by atoms with Gasteiger partial charge in [0.1, 0.15) is 0 Å². The number of nitrogens with zero attached hydrogens (tertiary/aromatic N) is 2. The van der Waals surface area contributed by atoms with Crippen LogP contribution in [-0.4, -0.2) is 61.1 Å². The summed E-state index contributed by atoms with van der Waals surface area (Å²) < 4.78 is 5.28. The fourth-order valence-corrected chi connectivity index (χ4v) is 3.29. The topological polar surface area (TPSA) is 32.8 Å². The highest BCUT2D eigenvalue weighted by molar-refractivity contribution is 5.76. The Hall–Kier alpha value is -0.610. The number of amides is 1. The van der Waals surface area contributed by atoms with Crippen LogP contribution in [-0.2, 0) is 9.53 Å². The second-order valence-electron chi connectivity index (χ2n) is 5.62. The second kappa shape index (κ2) is 6.02. The third-order valence-corrected chi connectivity index (χ3v) is 4.51. The molecule has 0 aromatic heterocycles. The number of carbonyl (C=O) groups is 1. The van der Waals surface area contributed by atoms with Gasteiger partial charge in [-0.15, -0.1) is 0 Å². The molecule has 1 unspecified atom stereocenters. The molecule has 2 saturated heterocycles. The van der Waals surface area contributed by atoms with Crippen LogP contribution in [0.3, 0.4) is 0 Å². The zero-order chi connectivity index (χ0) is 13.0. The summed E-state index contributed by atoms with van der Waals surface area (Å²) in [4.78, 5) is 16.6. The molecule has 2 heterocycles. The van der Waals surface area contributed by atoms with Crippen LogP contribution >= 0.6 is 0 Å². The largest absolute Gasteiger partial charge is 0.382 e. The molecular weight excluding hydrogens is 228 g/mol. The normalized spacial score (nSPS) is 28.4. The average Bonchev–Trinajstić information content (AvgIpc) is 2.94. The minimum atomic E-state index is 0.301.